The van der Waals surface area contributed by atoms with E-state index in [-0.39, 0.29) is 0 Å². The summed E-state index contributed by atoms with van der Waals surface area (Å²) < 4.78 is 38.8. The number of alkyl halides is 3. The first-order valence-electron chi connectivity index (χ1n) is 8.24. The third kappa shape index (κ3) is 3.14. The van der Waals surface area contributed by atoms with E-state index in [9.17, 15) is 13.2 Å². The number of pyridine rings is 1. The third-order valence-corrected chi connectivity index (χ3v) is 4.54. The smallest absolute Gasteiger partial charge is 0.367 e. The summed E-state index contributed by atoms with van der Waals surface area (Å²) in [7, 11) is 0. The maximum absolute atomic E-state index is 12.9. The van der Waals surface area contributed by atoms with E-state index < -0.39 is 11.7 Å². The van der Waals surface area contributed by atoms with Crippen molar-refractivity contribution in [2.75, 3.05) is 36.0 Å². The lowest BCUT2D eigenvalue weighted by atomic mass is 10.1. The number of halogens is 3. The lowest BCUT2D eigenvalue weighted by molar-refractivity contribution is -0.137. The van der Waals surface area contributed by atoms with E-state index in [1.54, 1.807) is 24.8 Å². The zero-order valence-electron chi connectivity index (χ0n) is 13.8. The van der Waals surface area contributed by atoms with Crippen molar-refractivity contribution in [1.82, 2.24) is 15.0 Å². The van der Waals surface area contributed by atoms with Gasteiger partial charge in [-0.15, -0.1) is 0 Å². The molecule has 0 aliphatic carbocycles. The second-order valence-electron chi connectivity index (χ2n) is 6.10. The Labute approximate surface area is 148 Å². The van der Waals surface area contributed by atoms with Crippen LogP contribution in [0.3, 0.4) is 0 Å². The Balaban J connectivity index is 1.58. The standard InChI is InChI=1S/C18H16F3N5/c19-18(20,21)13-1-2-14-15(11-13)23-4-3-16(14)25-7-9-26(10-8-25)17-12-22-5-6-24-17/h1-6,11-12H,7-10H2. The number of benzene rings is 1. The highest BCUT2D eigenvalue weighted by Gasteiger charge is 2.31. The molecule has 0 unspecified atom stereocenters. The number of rotatable bonds is 2. The molecule has 1 aromatic carbocycles. The Morgan fingerprint density at radius 2 is 1.62 bits per heavy atom. The number of hydrogen-bond acceptors (Lipinski definition) is 5. The van der Waals surface area contributed by atoms with E-state index in [1.165, 1.54) is 6.07 Å². The first-order chi connectivity index (χ1) is 12.5. The van der Waals surface area contributed by atoms with Gasteiger partial charge in [0.25, 0.3) is 0 Å². The van der Waals surface area contributed by atoms with Gasteiger partial charge in [0.1, 0.15) is 5.82 Å². The zero-order chi connectivity index (χ0) is 18.1. The van der Waals surface area contributed by atoms with Gasteiger partial charge in [-0.3, -0.25) is 9.97 Å². The molecule has 1 fully saturated rings. The second-order valence-corrected chi connectivity index (χ2v) is 6.10. The summed E-state index contributed by atoms with van der Waals surface area (Å²) >= 11 is 0. The number of anilines is 2. The Bertz CT molecular complexity index is 906. The lowest BCUT2D eigenvalue weighted by Crippen LogP contribution is -2.46. The average molecular weight is 359 g/mol. The van der Waals surface area contributed by atoms with E-state index in [0.717, 1.165) is 55.2 Å². The molecule has 4 rings (SSSR count). The first kappa shape index (κ1) is 16.6. The van der Waals surface area contributed by atoms with Gasteiger partial charge in [-0.1, -0.05) is 6.07 Å². The van der Waals surface area contributed by atoms with E-state index in [1.807, 2.05) is 6.07 Å². The molecule has 0 amide bonds. The van der Waals surface area contributed by atoms with Crippen LogP contribution in [0.25, 0.3) is 10.9 Å². The van der Waals surface area contributed by atoms with Crippen LogP contribution in [0.1, 0.15) is 5.56 Å². The van der Waals surface area contributed by atoms with Gasteiger partial charge in [-0.05, 0) is 18.2 Å². The molecular weight excluding hydrogens is 343 g/mol. The van der Waals surface area contributed by atoms with Crippen LogP contribution < -0.4 is 9.80 Å². The molecule has 0 N–H and O–H groups in total. The number of piperazine rings is 1. The van der Waals surface area contributed by atoms with Crippen LogP contribution in [0.2, 0.25) is 0 Å². The molecule has 0 atom stereocenters. The normalized spacial score (nSPS) is 15.5. The van der Waals surface area contributed by atoms with Crippen LogP contribution in [-0.2, 0) is 6.18 Å². The van der Waals surface area contributed by atoms with Crippen LogP contribution in [-0.4, -0.2) is 41.1 Å². The summed E-state index contributed by atoms with van der Waals surface area (Å²) in [6.07, 6.45) is 2.23. The van der Waals surface area contributed by atoms with Crippen molar-refractivity contribution in [3.63, 3.8) is 0 Å². The van der Waals surface area contributed by atoms with E-state index in [0.29, 0.717) is 5.52 Å². The molecule has 2 aromatic heterocycles. The van der Waals surface area contributed by atoms with Crippen molar-refractivity contribution in [3.8, 4) is 0 Å². The molecule has 3 heterocycles. The highest BCUT2D eigenvalue weighted by molar-refractivity contribution is 5.92. The molecule has 3 aromatic rings. The van der Waals surface area contributed by atoms with Crippen molar-refractivity contribution < 1.29 is 13.2 Å². The Morgan fingerprint density at radius 3 is 2.31 bits per heavy atom. The van der Waals surface area contributed by atoms with Crippen LogP contribution >= 0.6 is 0 Å². The number of aromatic nitrogens is 3. The van der Waals surface area contributed by atoms with E-state index in [4.69, 9.17) is 0 Å². The predicted octanol–water partition coefficient (Wildman–Crippen LogP) is 3.37. The quantitative estimate of drug-likeness (QED) is 0.702. The largest absolute Gasteiger partial charge is 0.416 e. The summed E-state index contributed by atoms with van der Waals surface area (Å²) in [4.78, 5) is 16.8. The predicted molar refractivity (Wildman–Crippen MR) is 93.2 cm³/mol. The van der Waals surface area contributed by atoms with Gasteiger partial charge in [0.05, 0.1) is 17.3 Å². The number of nitrogens with zero attached hydrogens (tertiary/aromatic N) is 5. The minimum absolute atomic E-state index is 0.355. The third-order valence-electron chi connectivity index (χ3n) is 4.54. The van der Waals surface area contributed by atoms with Crippen molar-refractivity contribution >= 4 is 22.4 Å². The van der Waals surface area contributed by atoms with Gasteiger partial charge in [0.15, 0.2) is 0 Å². The Kier molecular flexibility index (Phi) is 4.10. The SMILES string of the molecule is FC(F)(F)c1ccc2c(N3CCN(c4cnccn4)CC3)ccnc2c1. The average Bonchev–Trinajstić information content (AvgIpc) is 2.67. The maximum atomic E-state index is 12.9. The van der Waals surface area contributed by atoms with Crippen LogP contribution in [0.15, 0.2) is 49.1 Å². The molecule has 0 spiro atoms. The fourth-order valence-corrected chi connectivity index (χ4v) is 3.22. The topological polar surface area (TPSA) is 45.2 Å². The van der Waals surface area contributed by atoms with Crippen molar-refractivity contribution in [2.45, 2.75) is 6.18 Å². The molecule has 26 heavy (non-hydrogen) atoms. The molecule has 0 saturated carbocycles. The lowest BCUT2D eigenvalue weighted by Gasteiger charge is -2.37. The van der Waals surface area contributed by atoms with E-state index in [2.05, 4.69) is 24.8 Å². The zero-order valence-corrected chi connectivity index (χ0v) is 13.8. The van der Waals surface area contributed by atoms with Gasteiger partial charge in [-0.25, -0.2) is 4.98 Å². The summed E-state index contributed by atoms with van der Waals surface area (Å²) in [6.45, 7) is 3.03. The van der Waals surface area contributed by atoms with Gasteiger partial charge >= 0.3 is 6.18 Å². The number of hydrogen-bond donors (Lipinski definition) is 0. The van der Waals surface area contributed by atoms with Gasteiger partial charge in [0, 0.05) is 55.8 Å². The minimum Gasteiger partial charge on any atom is -0.367 e. The van der Waals surface area contributed by atoms with Crippen LogP contribution in [0.4, 0.5) is 24.7 Å². The highest BCUT2D eigenvalue weighted by Crippen LogP contribution is 2.33. The Morgan fingerprint density at radius 1 is 0.846 bits per heavy atom. The second kappa shape index (κ2) is 6.44. The molecule has 1 aliphatic heterocycles. The van der Waals surface area contributed by atoms with Crippen LogP contribution in [0.5, 0.6) is 0 Å². The molecule has 8 heteroatoms. The summed E-state index contributed by atoms with van der Waals surface area (Å²) in [5, 5.41) is 0.730. The molecule has 5 nitrogen and oxygen atoms in total. The molecular formula is C18H16F3N5. The number of fused-ring (bicyclic) bond motifs is 1. The van der Waals surface area contributed by atoms with Crippen molar-refractivity contribution in [2.24, 2.45) is 0 Å². The molecule has 0 radical (unpaired) electrons. The molecule has 1 aliphatic rings. The maximum Gasteiger partial charge on any atom is 0.416 e. The highest BCUT2D eigenvalue weighted by atomic mass is 19.4. The summed E-state index contributed by atoms with van der Waals surface area (Å²) in [5.74, 6) is 0.835. The summed E-state index contributed by atoms with van der Waals surface area (Å²) in [5.41, 5.74) is 0.582. The summed E-state index contributed by atoms with van der Waals surface area (Å²) in [6, 6.07) is 5.58. The van der Waals surface area contributed by atoms with E-state index >= 15 is 0 Å². The fraction of sp³-hybridized carbons (Fsp3) is 0.278. The van der Waals surface area contributed by atoms with Crippen LogP contribution in [0, 0.1) is 0 Å². The van der Waals surface area contributed by atoms with Gasteiger partial charge in [-0.2, -0.15) is 13.2 Å². The monoisotopic (exact) mass is 359 g/mol. The fourth-order valence-electron chi connectivity index (χ4n) is 3.22. The minimum atomic E-state index is -4.37. The molecule has 0 bridgehead atoms. The van der Waals surface area contributed by atoms with Gasteiger partial charge < -0.3 is 9.80 Å². The first-order valence-corrected chi connectivity index (χ1v) is 8.24. The van der Waals surface area contributed by atoms with Crippen molar-refractivity contribution in [1.29, 1.82) is 0 Å². The Hall–Kier alpha value is -2.90. The molecule has 134 valence electrons. The van der Waals surface area contributed by atoms with Crippen molar-refractivity contribution in [3.05, 3.63) is 54.6 Å². The molecule has 1 saturated heterocycles. The van der Waals surface area contributed by atoms with Gasteiger partial charge in [0.2, 0.25) is 0 Å².